The molecule has 0 bridgehead atoms. The van der Waals surface area contributed by atoms with E-state index in [9.17, 15) is 18.0 Å². The van der Waals surface area contributed by atoms with E-state index in [1.165, 1.54) is 16.4 Å². The van der Waals surface area contributed by atoms with Gasteiger partial charge in [-0.15, -0.1) is 0 Å². The number of amides is 2. The van der Waals surface area contributed by atoms with Gasteiger partial charge in [0.2, 0.25) is 21.8 Å². The summed E-state index contributed by atoms with van der Waals surface area (Å²) in [7, 11) is -3.63. The molecule has 1 aromatic rings. The van der Waals surface area contributed by atoms with Crippen LogP contribution in [0.2, 0.25) is 0 Å². The maximum Gasteiger partial charge on any atom is 0.243 e. The van der Waals surface area contributed by atoms with Crippen LogP contribution in [-0.4, -0.2) is 61.8 Å². The molecule has 10 heteroatoms. The molecular formula is C19H28N4O5S. The summed E-state index contributed by atoms with van der Waals surface area (Å²) in [6.45, 7) is 5.00. The van der Waals surface area contributed by atoms with E-state index in [2.05, 4.69) is 10.7 Å². The van der Waals surface area contributed by atoms with Crippen LogP contribution in [0, 0.1) is 0 Å². The minimum absolute atomic E-state index is 0.0401. The first-order valence-corrected chi connectivity index (χ1v) is 11.4. The van der Waals surface area contributed by atoms with E-state index in [0.717, 1.165) is 19.3 Å². The van der Waals surface area contributed by atoms with Gasteiger partial charge in [-0.1, -0.05) is 6.42 Å². The smallest absolute Gasteiger partial charge is 0.243 e. The van der Waals surface area contributed by atoms with Crippen molar-refractivity contribution in [3.63, 3.8) is 0 Å². The zero-order valence-electron chi connectivity index (χ0n) is 16.8. The Bertz CT molecular complexity index is 867. The highest BCUT2D eigenvalue weighted by molar-refractivity contribution is 7.89. The van der Waals surface area contributed by atoms with Crippen molar-refractivity contribution in [2.75, 3.05) is 31.6 Å². The van der Waals surface area contributed by atoms with E-state index in [1.54, 1.807) is 11.1 Å². The molecule has 2 amide bonds. The van der Waals surface area contributed by atoms with Crippen LogP contribution in [0.25, 0.3) is 0 Å². The van der Waals surface area contributed by atoms with Gasteiger partial charge >= 0.3 is 0 Å². The number of carbonyl (C=O) groups is 2. The Hall–Kier alpha value is -2.17. The summed E-state index contributed by atoms with van der Waals surface area (Å²) in [6, 6.07) is 4.42. The number of piperidine rings is 1. The van der Waals surface area contributed by atoms with Crippen LogP contribution in [0.4, 0.5) is 5.69 Å². The third-order valence-corrected chi connectivity index (χ3v) is 6.97. The first-order valence-electron chi connectivity index (χ1n) is 9.94. The van der Waals surface area contributed by atoms with Crippen LogP contribution >= 0.6 is 0 Å². The standard InChI is InChI=1S/C19H28N4O5S/c1-3-28-17-8-7-15(29(26,27)22-9-5-4-6-10-22)12-16(17)20-19(25)13-23-14(2)11-18(24)21-23/h7-8,12,14H,3-6,9-11,13H2,1-2H3,(H,20,25)(H,21,24). The number of ether oxygens (including phenoxy) is 1. The van der Waals surface area contributed by atoms with Crippen LogP contribution in [-0.2, 0) is 19.6 Å². The van der Waals surface area contributed by atoms with Crippen molar-refractivity contribution in [1.29, 1.82) is 0 Å². The average molecular weight is 425 g/mol. The Morgan fingerprint density at radius 2 is 2.00 bits per heavy atom. The lowest BCUT2D eigenvalue weighted by Gasteiger charge is -2.26. The van der Waals surface area contributed by atoms with Gasteiger partial charge in [-0.3, -0.25) is 15.0 Å². The fraction of sp³-hybridized carbons (Fsp3) is 0.579. The Morgan fingerprint density at radius 3 is 2.62 bits per heavy atom. The van der Waals surface area contributed by atoms with Crippen molar-refractivity contribution in [3.05, 3.63) is 18.2 Å². The second kappa shape index (κ2) is 9.10. The predicted octanol–water partition coefficient (Wildman–Crippen LogP) is 1.32. The van der Waals surface area contributed by atoms with Crippen molar-refractivity contribution in [2.24, 2.45) is 0 Å². The van der Waals surface area contributed by atoms with Gasteiger partial charge in [0.05, 0.1) is 23.7 Å². The molecule has 2 aliphatic heterocycles. The van der Waals surface area contributed by atoms with Gasteiger partial charge in [-0.25, -0.2) is 13.4 Å². The predicted molar refractivity (Wildman–Crippen MR) is 108 cm³/mol. The van der Waals surface area contributed by atoms with Gasteiger partial charge in [-0.2, -0.15) is 4.31 Å². The minimum atomic E-state index is -3.63. The zero-order valence-corrected chi connectivity index (χ0v) is 17.6. The fourth-order valence-electron chi connectivity index (χ4n) is 3.54. The molecule has 2 fully saturated rings. The molecule has 0 radical (unpaired) electrons. The number of hydrazine groups is 1. The highest BCUT2D eigenvalue weighted by Crippen LogP contribution is 2.30. The van der Waals surface area contributed by atoms with Gasteiger partial charge in [0.25, 0.3) is 0 Å². The van der Waals surface area contributed by atoms with E-state index in [4.69, 9.17) is 4.74 Å². The molecule has 29 heavy (non-hydrogen) atoms. The van der Waals surface area contributed by atoms with Crippen LogP contribution in [0.3, 0.4) is 0 Å². The number of rotatable bonds is 7. The lowest BCUT2D eigenvalue weighted by atomic mass is 10.2. The number of anilines is 1. The largest absolute Gasteiger partial charge is 0.492 e. The Kier molecular flexibility index (Phi) is 6.76. The summed E-state index contributed by atoms with van der Waals surface area (Å²) in [5, 5.41) is 4.30. The van der Waals surface area contributed by atoms with Crippen molar-refractivity contribution in [2.45, 2.75) is 50.5 Å². The highest BCUT2D eigenvalue weighted by atomic mass is 32.2. The number of hydrogen-bond acceptors (Lipinski definition) is 6. The van der Waals surface area contributed by atoms with Crippen molar-refractivity contribution in [3.8, 4) is 5.75 Å². The molecular weight excluding hydrogens is 396 g/mol. The van der Waals surface area contributed by atoms with Gasteiger partial charge in [0.15, 0.2) is 0 Å². The van der Waals surface area contributed by atoms with Gasteiger partial charge in [0.1, 0.15) is 5.75 Å². The molecule has 0 saturated carbocycles. The zero-order chi connectivity index (χ0) is 21.0. The number of sulfonamides is 1. The summed E-state index contributed by atoms with van der Waals surface area (Å²) < 4.78 is 33.0. The number of nitrogens with zero attached hydrogens (tertiary/aromatic N) is 2. The summed E-state index contributed by atoms with van der Waals surface area (Å²) in [5.41, 5.74) is 2.94. The quantitative estimate of drug-likeness (QED) is 0.684. The van der Waals surface area contributed by atoms with Crippen LogP contribution in [0.1, 0.15) is 39.5 Å². The molecule has 0 spiro atoms. The van der Waals surface area contributed by atoms with E-state index < -0.39 is 10.0 Å². The molecule has 1 atom stereocenters. The number of carbonyl (C=O) groups excluding carboxylic acids is 2. The van der Waals surface area contributed by atoms with Crippen LogP contribution in [0.5, 0.6) is 5.75 Å². The molecule has 1 aromatic carbocycles. The number of benzene rings is 1. The highest BCUT2D eigenvalue weighted by Gasteiger charge is 2.29. The SMILES string of the molecule is CCOc1ccc(S(=O)(=O)N2CCCCC2)cc1NC(=O)CN1NC(=O)CC1C. The lowest BCUT2D eigenvalue weighted by molar-refractivity contribution is -0.122. The van der Waals surface area contributed by atoms with E-state index in [-0.39, 0.29) is 29.3 Å². The van der Waals surface area contributed by atoms with Crippen molar-refractivity contribution in [1.82, 2.24) is 14.7 Å². The number of nitrogens with one attached hydrogen (secondary N) is 2. The van der Waals surface area contributed by atoms with Crippen LogP contribution < -0.4 is 15.5 Å². The first-order chi connectivity index (χ1) is 13.8. The summed E-state index contributed by atoms with van der Waals surface area (Å²) in [4.78, 5) is 24.1. The van der Waals surface area contributed by atoms with Crippen molar-refractivity contribution >= 4 is 27.5 Å². The maximum absolute atomic E-state index is 13.0. The van der Waals surface area contributed by atoms with E-state index in [0.29, 0.717) is 37.6 Å². The third-order valence-electron chi connectivity index (χ3n) is 5.07. The monoisotopic (exact) mass is 424 g/mol. The van der Waals surface area contributed by atoms with Gasteiger partial charge in [-0.05, 0) is 44.9 Å². The van der Waals surface area contributed by atoms with Crippen LogP contribution in [0.15, 0.2) is 23.1 Å². The fourth-order valence-corrected chi connectivity index (χ4v) is 5.08. The summed E-state index contributed by atoms with van der Waals surface area (Å²) in [5.74, 6) is -0.0978. The third kappa shape index (κ3) is 5.06. The molecule has 1 unspecified atom stereocenters. The second-order valence-corrected chi connectivity index (χ2v) is 9.26. The lowest BCUT2D eigenvalue weighted by Crippen LogP contribution is -2.42. The van der Waals surface area contributed by atoms with E-state index >= 15 is 0 Å². The molecule has 0 aromatic heterocycles. The molecule has 2 N–H and O–H groups in total. The van der Waals surface area contributed by atoms with E-state index in [1.807, 2.05) is 13.8 Å². The van der Waals surface area contributed by atoms with Crippen molar-refractivity contribution < 1.29 is 22.7 Å². The molecule has 2 saturated heterocycles. The van der Waals surface area contributed by atoms with Gasteiger partial charge < -0.3 is 10.1 Å². The van der Waals surface area contributed by atoms with Gasteiger partial charge in [0, 0.05) is 25.6 Å². The molecule has 2 heterocycles. The second-order valence-electron chi connectivity index (χ2n) is 7.32. The normalized spacial score (nSPS) is 21.0. The summed E-state index contributed by atoms with van der Waals surface area (Å²) >= 11 is 0. The molecule has 160 valence electrons. The Labute approximate surface area is 171 Å². The topological polar surface area (TPSA) is 108 Å². The summed E-state index contributed by atoms with van der Waals surface area (Å²) in [6.07, 6.45) is 3.06. The molecule has 2 aliphatic rings. The first kappa shape index (κ1) is 21.5. The maximum atomic E-state index is 13.0. The Morgan fingerprint density at radius 1 is 1.28 bits per heavy atom. The molecule has 9 nitrogen and oxygen atoms in total. The molecule has 3 rings (SSSR count). The molecule has 0 aliphatic carbocycles. The number of hydrogen-bond donors (Lipinski definition) is 2. The Balaban J connectivity index is 1.79. The minimum Gasteiger partial charge on any atom is -0.492 e. The average Bonchev–Trinajstić information content (AvgIpc) is 3.00.